The predicted octanol–water partition coefficient (Wildman–Crippen LogP) is -1.20. The van der Waals surface area contributed by atoms with Gasteiger partial charge in [0.15, 0.2) is 0 Å². The van der Waals surface area contributed by atoms with Gasteiger partial charge < -0.3 is 20.4 Å². The van der Waals surface area contributed by atoms with Gasteiger partial charge in [0.2, 0.25) is 0 Å². The second-order valence-corrected chi connectivity index (χ2v) is 3.09. The zero-order valence-electron chi connectivity index (χ0n) is 7.11. The van der Waals surface area contributed by atoms with Gasteiger partial charge in [-0.3, -0.25) is 0 Å². The van der Waals surface area contributed by atoms with Gasteiger partial charge in [-0.2, -0.15) is 0 Å². The predicted molar refractivity (Wildman–Crippen MR) is 46.9 cm³/mol. The topological polar surface area (TPSA) is 80.9 Å². The summed E-state index contributed by atoms with van der Waals surface area (Å²) < 4.78 is 0. The van der Waals surface area contributed by atoms with Crippen molar-refractivity contribution in [1.82, 2.24) is 0 Å². The van der Waals surface area contributed by atoms with Crippen molar-refractivity contribution >= 4 is 0 Å². The highest BCUT2D eigenvalue weighted by molar-refractivity contribution is 5.12. The Bertz CT molecular complexity index is 212. The van der Waals surface area contributed by atoms with Crippen molar-refractivity contribution in [2.24, 2.45) is 5.92 Å². The summed E-state index contributed by atoms with van der Waals surface area (Å²) in [7, 11) is 0. The van der Waals surface area contributed by atoms with Gasteiger partial charge in [0.25, 0.3) is 0 Å². The Morgan fingerprint density at radius 1 is 0.923 bits per heavy atom. The second-order valence-electron chi connectivity index (χ2n) is 3.09. The lowest BCUT2D eigenvalue weighted by molar-refractivity contribution is -0.0654. The molecule has 0 saturated carbocycles. The Kier molecular flexibility index (Phi) is 3.62. The van der Waals surface area contributed by atoms with E-state index in [4.69, 9.17) is 5.11 Å². The van der Waals surface area contributed by atoms with Crippen LogP contribution < -0.4 is 0 Å². The lowest BCUT2D eigenvalue weighted by Crippen LogP contribution is -2.42. The Morgan fingerprint density at radius 3 is 2.15 bits per heavy atom. The molecular weight excluding hydrogens is 172 g/mol. The monoisotopic (exact) mass is 186 g/mol. The summed E-state index contributed by atoms with van der Waals surface area (Å²) >= 11 is 0. The molecule has 0 aromatic rings. The Morgan fingerprint density at radius 2 is 1.54 bits per heavy atom. The smallest absolute Gasteiger partial charge is 0.110 e. The van der Waals surface area contributed by atoms with Crippen LogP contribution in [-0.4, -0.2) is 45.3 Å². The van der Waals surface area contributed by atoms with Gasteiger partial charge in [0, 0.05) is 5.92 Å². The van der Waals surface area contributed by atoms with Crippen LogP contribution in [0.3, 0.4) is 0 Å². The quantitative estimate of drug-likeness (QED) is 0.415. The van der Waals surface area contributed by atoms with E-state index < -0.39 is 24.2 Å². The van der Waals surface area contributed by atoms with Crippen molar-refractivity contribution in [2.45, 2.75) is 18.3 Å². The third-order valence-electron chi connectivity index (χ3n) is 2.13. The van der Waals surface area contributed by atoms with E-state index >= 15 is 0 Å². The van der Waals surface area contributed by atoms with Crippen LogP contribution in [0.4, 0.5) is 0 Å². The van der Waals surface area contributed by atoms with Crippen LogP contribution in [0.2, 0.25) is 0 Å². The van der Waals surface area contributed by atoms with Gasteiger partial charge in [-0.15, -0.1) is 0 Å². The molecule has 0 bridgehead atoms. The number of aliphatic hydroxyl groups is 4. The normalized spacial score (nSPS) is 44.9. The summed E-state index contributed by atoms with van der Waals surface area (Å²) in [5.74, 6) is -0.533. The SMILES string of the molecule is OCC1/C=C\C=C/C(O)C(O)C1O. The zero-order valence-corrected chi connectivity index (χ0v) is 7.11. The van der Waals surface area contributed by atoms with Crippen LogP contribution in [-0.2, 0) is 0 Å². The summed E-state index contributed by atoms with van der Waals surface area (Å²) in [4.78, 5) is 0. The number of allylic oxidation sites excluding steroid dienone is 2. The minimum atomic E-state index is -1.25. The van der Waals surface area contributed by atoms with E-state index in [1.54, 1.807) is 18.2 Å². The Labute approximate surface area is 76.5 Å². The van der Waals surface area contributed by atoms with E-state index in [0.29, 0.717) is 0 Å². The summed E-state index contributed by atoms with van der Waals surface area (Å²) in [5.41, 5.74) is 0. The molecule has 0 heterocycles. The highest BCUT2D eigenvalue weighted by Crippen LogP contribution is 2.15. The molecular formula is C9H14O4. The van der Waals surface area contributed by atoms with Gasteiger partial charge in [-0.05, 0) is 0 Å². The summed E-state index contributed by atoms with van der Waals surface area (Å²) in [6, 6.07) is 0. The lowest BCUT2D eigenvalue weighted by atomic mass is 9.93. The molecule has 4 unspecified atom stereocenters. The molecule has 13 heavy (non-hydrogen) atoms. The van der Waals surface area contributed by atoms with Crippen molar-refractivity contribution in [1.29, 1.82) is 0 Å². The molecule has 0 aliphatic heterocycles. The van der Waals surface area contributed by atoms with E-state index in [1.165, 1.54) is 6.08 Å². The van der Waals surface area contributed by atoms with Crippen molar-refractivity contribution in [3.63, 3.8) is 0 Å². The molecule has 1 aliphatic carbocycles. The van der Waals surface area contributed by atoms with E-state index in [1.807, 2.05) is 0 Å². The highest BCUT2D eigenvalue weighted by Gasteiger charge is 2.28. The first-order valence-corrected chi connectivity index (χ1v) is 4.17. The molecule has 0 saturated heterocycles. The fourth-order valence-corrected chi connectivity index (χ4v) is 1.24. The first kappa shape index (κ1) is 10.4. The molecule has 4 nitrogen and oxygen atoms in total. The molecule has 1 aliphatic rings. The maximum Gasteiger partial charge on any atom is 0.110 e. The van der Waals surface area contributed by atoms with E-state index in [-0.39, 0.29) is 6.61 Å². The van der Waals surface area contributed by atoms with Crippen molar-refractivity contribution in [3.8, 4) is 0 Å². The molecule has 0 aromatic carbocycles. The van der Waals surface area contributed by atoms with Crippen molar-refractivity contribution in [3.05, 3.63) is 24.3 Å². The fraction of sp³-hybridized carbons (Fsp3) is 0.556. The Hall–Kier alpha value is -0.680. The van der Waals surface area contributed by atoms with Crippen molar-refractivity contribution < 1.29 is 20.4 Å². The molecule has 74 valence electrons. The molecule has 0 radical (unpaired) electrons. The number of hydrogen-bond acceptors (Lipinski definition) is 4. The number of aliphatic hydroxyl groups excluding tert-OH is 4. The Balaban J connectivity index is 2.80. The molecule has 0 fully saturated rings. The largest absolute Gasteiger partial charge is 0.396 e. The van der Waals surface area contributed by atoms with E-state index in [0.717, 1.165) is 0 Å². The van der Waals surface area contributed by atoms with Gasteiger partial charge in [0.1, 0.15) is 12.2 Å². The summed E-state index contributed by atoms with van der Waals surface area (Å²) in [6.45, 7) is -0.255. The first-order valence-electron chi connectivity index (χ1n) is 4.17. The molecule has 4 heteroatoms. The minimum Gasteiger partial charge on any atom is -0.396 e. The van der Waals surface area contributed by atoms with Gasteiger partial charge in [-0.25, -0.2) is 0 Å². The molecule has 0 aromatic heterocycles. The maximum atomic E-state index is 9.46. The molecule has 1 rings (SSSR count). The third kappa shape index (κ3) is 2.38. The number of hydrogen-bond donors (Lipinski definition) is 4. The molecule has 4 atom stereocenters. The zero-order chi connectivity index (χ0) is 9.84. The number of rotatable bonds is 1. The second kappa shape index (κ2) is 4.53. The van der Waals surface area contributed by atoms with Gasteiger partial charge in [-0.1, -0.05) is 24.3 Å². The van der Waals surface area contributed by atoms with Crippen LogP contribution in [0.15, 0.2) is 24.3 Å². The average Bonchev–Trinajstić information content (AvgIpc) is 2.14. The molecule has 4 N–H and O–H groups in total. The molecule has 0 spiro atoms. The fourth-order valence-electron chi connectivity index (χ4n) is 1.24. The molecule has 0 amide bonds. The van der Waals surface area contributed by atoms with E-state index in [9.17, 15) is 15.3 Å². The lowest BCUT2D eigenvalue weighted by Gasteiger charge is -2.26. The minimum absolute atomic E-state index is 0.255. The van der Waals surface area contributed by atoms with Crippen LogP contribution in [0, 0.1) is 5.92 Å². The van der Waals surface area contributed by atoms with E-state index in [2.05, 4.69) is 0 Å². The van der Waals surface area contributed by atoms with Crippen LogP contribution in [0.1, 0.15) is 0 Å². The first-order chi connectivity index (χ1) is 6.16. The third-order valence-corrected chi connectivity index (χ3v) is 2.13. The summed E-state index contributed by atoms with van der Waals surface area (Å²) in [5, 5.41) is 36.9. The standard InChI is InChI=1S/C9H14O4/c10-5-6-3-1-2-4-7(11)9(13)8(6)12/h1-4,6-13H,5H2/b3-1-,4-2-. The van der Waals surface area contributed by atoms with Gasteiger partial charge in [0.05, 0.1) is 12.7 Å². The summed E-state index contributed by atoms with van der Waals surface area (Å²) in [6.07, 6.45) is 2.70. The average molecular weight is 186 g/mol. The van der Waals surface area contributed by atoms with Crippen LogP contribution in [0.5, 0.6) is 0 Å². The van der Waals surface area contributed by atoms with Crippen LogP contribution >= 0.6 is 0 Å². The van der Waals surface area contributed by atoms with Crippen molar-refractivity contribution in [2.75, 3.05) is 6.61 Å². The highest BCUT2D eigenvalue weighted by atomic mass is 16.4. The van der Waals surface area contributed by atoms with Gasteiger partial charge >= 0.3 is 0 Å². The van der Waals surface area contributed by atoms with Crippen LogP contribution in [0.25, 0.3) is 0 Å². The maximum absolute atomic E-state index is 9.46.